The minimum atomic E-state index is -1.66. The van der Waals surface area contributed by atoms with E-state index in [0.29, 0.717) is 19.3 Å². The Morgan fingerprint density at radius 2 is 1.61 bits per heavy atom. The summed E-state index contributed by atoms with van der Waals surface area (Å²) < 4.78 is 56.6. The molecule has 174 valence electrons. The van der Waals surface area contributed by atoms with Crippen molar-refractivity contribution in [2.75, 3.05) is 26.4 Å². The smallest absolute Gasteiger partial charge is 0.208 e. The molecule has 2 saturated heterocycles. The van der Waals surface area contributed by atoms with Gasteiger partial charge in [0, 0.05) is 18.8 Å². The lowest BCUT2D eigenvalue weighted by atomic mass is 9.42. The van der Waals surface area contributed by atoms with Crippen LogP contribution in [0.1, 0.15) is 46.0 Å². The number of halogens is 2. The standard InChI is InChI=1S/C23H32F2O6/c1-20-4-3-12(26)9-15(20)16(27)10-13-14-11-17(24)23(30-7-8-31-23)21(14,2)19(25)22(18(13)20)28-5-6-29-22/h13-19,27H,3-11H2,1-2H3/t13?,14?,15?,16-,17+,18?,19?,20-,21+/m0/s1. The van der Waals surface area contributed by atoms with Crippen LogP contribution in [0.2, 0.25) is 0 Å². The first kappa shape index (κ1) is 20.9. The van der Waals surface area contributed by atoms with Crippen molar-refractivity contribution >= 4 is 5.78 Å². The second-order valence-electron chi connectivity index (χ2n) is 11.0. The Morgan fingerprint density at radius 3 is 2.29 bits per heavy atom. The molecule has 2 heterocycles. The third-order valence-electron chi connectivity index (χ3n) is 10.0. The maximum absolute atomic E-state index is 16.9. The number of ketones is 1. The molecule has 0 aromatic carbocycles. The monoisotopic (exact) mass is 442 g/mol. The summed E-state index contributed by atoms with van der Waals surface area (Å²) in [5.74, 6) is -4.32. The Kier molecular flexibility index (Phi) is 4.36. The minimum Gasteiger partial charge on any atom is -0.393 e. The molecule has 2 spiro atoms. The third kappa shape index (κ3) is 2.27. The van der Waals surface area contributed by atoms with Crippen LogP contribution in [0.15, 0.2) is 0 Å². The number of hydrogen-bond donors (Lipinski definition) is 1. The van der Waals surface area contributed by atoms with E-state index in [0.717, 1.165) is 0 Å². The number of carbonyl (C=O) groups is 1. The first-order valence-electron chi connectivity index (χ1n) is 11.7. The molecule has 6 rings (SSSR count). The van der Waals surface area contributed by atoms with Gasteiger partial charge in [0.2, 0.25) is 11.6 Å². The van der Waals surface area contributed by atoms with Crippen LogP contribution in [0, 0.1) is 34.5 Å². The summed E-state index contributed by atoms with van der Waals surface area (Å²) in [4.78, 5) is 12.3. The maximum atomic E-state index is 16.9. The number of hydrogen-bond acceptors (Lipinski definition) is 6. The topological polar surface area (TPSA) is 74.2 Å². The first-order valence-corrected chi connectivity index (χ1v) is 11.7. The predicted octanol–water partition coefficient (Wildman–Crippen LogP) is 2.56. The van der Waals surface area contributed by atoms with Gasteiger partial charge in [-0.25, -0.2) is 8.78 Å². The van der Waals surface area contributed by atoms with E-state index in [9.17, 15) is 9.90 Å². The minimum absolute atomic E-state index is 0.126. The second-order valence-corrected chi connectivity index (χ2v) is 11.0. The third-order valence-corrected chi connectivity index (χ3v) is 10.0. The normalized spacial score (nSPS) is 54.7. The van der Waals surface area contributed by atoms with E-state index < -0.39 is 40.9 Å². The molecule has 0 amide bonds. The Labute approximate surface area is 180 Å². The molecule has 0 aromatic heterocycles. The fourth-order valence-corrected chi connectivity index (χ4v) is 8.83. The highest BCUT2D eigenvalue weighted by Gasteiger charge is 2.82. The number of aliphatic hydroxyl groups is 1. The van der Waals surface area contributed by atoms with Gasteiger partial charge in [0.15, 0.2) is 12.3 Å². The van der Waals surface area contributed by atoms with Gasteiger partial charge >= 0.3 is 0 Å². The zero-order valence-electron chi connectivity index (χ0n) is 18.1. The average molecular weight is 442 g/mol. The van der Waals surface area contributed by atoms with E-state index in [4.69, 9.17) is 18.9 Å². The van der Waals surface area contributed by atoms with Gasteiger partial charge in [0.05, 0.1) is 37.9 Å². The van der Waals surface area contributed by atoms with Gasteiger partial charge in [-0.05, 0) is 42.4 Å². The molecule has 8 heteroatoms. The van der Waals surface area contributed by atoms with Gasteiger partial charge in [-0.15, -0.1) is 0 Å². The van der Waals surface area contributed by atoms with E-state index >= 15 is 8.78 Å². The van der Waals surface area contributed by atoms with E-state index in [-0.39, 0.29) is 68.7 Å². The molecular formula is C23H32F2O6. The molecule has 1 N–H and O–H groups in total. The van der Waals surface area contributed by atoms with Crippen LogP contribution in [-0.2, 0) is 23.7 Å². The lowest BCUT2D eigenvalue weighted by Gasteiger charge is -2.66. The first-order chi connectivity index (χ1) is 14.7. The SMILES string of the molecule is C[C@]12CCC(=O)CC1[C@@H](O)CC1C2C2(OCCO2)C(F)[C@@]2(C)C1C[C@@H](F)C21OCCO1. The molecular weight excluding hydrogens is 410 g/mol. The Morgan fingerprint density at radius 1 is 0.968 bits per heavy atom. The lowest BCUT2D eigenvalue weighted by Crippen LogP contribution is -2.74. The summed E-state index contributed by atoms with van der Waals surface area (Å²) in [6.45, 7) is 4.75. The fraction of sp³-hybridized carbons (Fsp3) is 0.957. The molecule has 5 unspecified atom stereocenters. The molecule has 6 nitrogen and oxygen atoms in total. The predicted molar refractivity (Wildman–Crippen MR) is 103 cm³/mol. The second kappa shape index (κ2) is 6.47. The van der Waals surface area contributed by atoms with E-state index in [1.165, 1.54) is 0 Å². The molecule has 9 atom stereocenters. The Hall–Kier alpha value is -0.670. The molecule has 4 saturated carbocycles. The van der Waals surface area contributed by atoms with Gasteiger partial charge in [0.25, 0.3) is 0 Å². The fourth-order valence-electron chi connectivity index (χ4n) is 8.83. The molecule has 0 aromatic rings. The van der Waals surface area contributed by atoms with Crippen LogP contribution in [0.3, 0.4) is 0 Å². The number of alkyl halides is 2. The zero-order valence-corrected chi connectivity index (χ0v) is 18.1. The van der Waals surface area contributed by atoms with Crippen LogP contribution in [0.25, 0.3) is 0 Å². The molecule has 0 bridgehead atoms. The van der Waals surface area contributed by atoms with Crippen molar-refractivity contribution in [1.29, 1.82) is 0 Å². The number of rotatable bonds is 0. The summed E-state index contributed by atoms with van der Waals surface area (Å²) in [5.41, 5.74) is -1.84. The quantitative estimate of drug-likeness (QED) is 0.622. The highest BCUT2D eigenvalue weighted by Crippen LogP contribution is 2.73. The van der Waals surface area contributed by atoms with Crippen molar-refractivity contribution in [1.82, 2.24) is 0 Å². The number of Topliss-reactive ketones (excluding diaryl/α,β-unsaturated/α-hetero) is 1. The largest absolute Gasteiger partial charge is 0.393 e. The Balaban J connectivity index is 1.53. The van der Waals surface area contributed by atoms with Crippen molar-refractivity contribution in [3.05, 3.63) is 0 Å². The van der Waals surface area contributed by atoms with Crippen molar-refractivity contribution < 1.29 is 37.6 Å². The molecule has 6 fully saturated rings. The molecule has 31 heavy (non-hydrogen) atoms. The Bertz CT molecular complexity index is 780. The van der Waals surface area contributed by atoms with Gasteiger partial charge < -0.3 is 24.1 Å². The molecule has 6 aliphatic rings. The molecule has 2 aliphatic heterocycles. The zero-order chi connectivity index (χ0) is 21.8. The van der Waals surface area contributed by atoms with Gasteiger partial charge in [-0.3, -0.25) is 4.79 Å². The maximum Gasteiger partial charge on any atom is 0.208 e. The van der Waals surface area contributed by atoms with E-state index in [2.05, 4.69) is 0 Å². The van der Waals surface area contributed by atoms with Crippen LogP contribution in [0.4, 0.5) is 8.78 Å². The summed E-state index contributed by atoms with van der Waals surface area (Å²) >= 11 is 0. The number of carbonyl (C=O) groups excluding carboxylic acids is 1. The van der Waals surface area contributed by atoms with Crippen molar-refractivity contribution in [2.45, 2.75) is 76.0 Å². The van der Waals surface area contributed by atoms with Gasteiger partial charge in [-0.2, -0.15) is 0 Å². The van der Waals surface area contributed by atoms with Gasteiger partial charge in [0.1, 0.15) is 5.78 Å². The van der Waals surface area contributed by atoms with Crippen LogP contribution < -0.4 is 0 Å². The van der Waals surface area contributed by atoms with Crippen LogP contribution in [-0.4, -0.2) is 67.3 Å². The van der Waals surface area contributed by atoms with Crippen molar-refractivity contribution in [3.63, 3.8) is 0 Å². The summed E-state index contributed by atoms with van der Waals surface area (Å²) in [7, 11) is 0. The number of ether oxygens (including phenoxy) is 4. The van der Waals surface area contributed by atoms with E-state index in [1.54, 1.807) is 6.92 Å². The average Bonchev–Trinajstić information content (AvgIpc) is 3.46. The lowest BCUT2D eigenvalue weighted by molar-refractivity contribution is -0.376. The summed E-state index contributed by atoms with van der Waals surface area (Å²) in [5, 5.41) is 11.2. The van der Waals surface area contributed by atoms with E-state index in [1.807, 2.05) is 6.92 Å². The van der Waals surface area contributed by atoms with Crippen molar-refractivity contribution in [2.24, 2.45) is 34.5 Å². The van der Waals surface area contributed by atoms with Gasteiger partial charge in [-0.1, -0.05) is 13.8 Å². The van der Waals surface area contributed by atoms with Crippen LogP contribution in [0.5, 0.6) is 0 Å². The number of aliphatic hydroxyl groups excluding tert-OH is 1. The van der Waals surface area contributed by atoms with Crippen LogP contribution >= 0.6 is 0 Å². The summed E-state index contributed by atoms with van der Waals surface area (Å²) in [6, 6.07) is 0. The molecule has 4 aliphatic carbocycles. The highest BCUT2D eigenvalue weighted by atomic mass is 19.1. The van der Waals surface area contributed by atoms with Crippen molar-refractivity contribution in [3.8, 4) is 0 Å². The summed E-state index contributed by atoms with van der Waals surface area (Å²) in [6.07, 6.45) is -2.07. The number of fused-ring (bicyclic) bond motifs is 7. The molecule has 0 radical (unpaired) electrons. The highest BCUT2D eigenvalue weighted by molar-refractivity contribution is 5.79.